The number of nitrogens with zero attached hydrogens (tertiary/aromatic N) is 2. The van der Waals surface area contributed by atoms with E-state index in [9.17, 15) is 0 Å². The Morgan fingerprint density at radius 2 is 2.28 bits per heavy atom. The van der Waals surface area contributed by atoms with E-state index in [1.807, 2.05) is 18.3 Å². The Hall–Kier alpha value is -1.77. The van der Waals surface area contributed by atoms with Crippen LogP contribution in [0.25, 0.3) is 10.9 Å². The van der Waals surface area contributed by atoms with E-state index in [0.717, 1.165) is 17.7 Å². The van der Waals surface area contributed by atoms with Crippen LogP contribution in [0.2, 0.25) is 0 Å². The number of hydrogen-bond donors (Lipinski definition) is 1. The summed E-state index contributed by atoms with van der Waals surface area (Å²) in [6.45, 7) is 3.41. The maximum absolute atomic E-state index is 6.01. The van der Waals surface area contributed by atoms with Crippen molar-refractivity contribution in [3.05, 3.63) is 30.5 Å². The highest BCUT2D eigenvalue weighted by Crippen LogP contribution is 2.34. The van der Waals surface area contributed by atoms with Gasteiger partial charge in [-0.1, -0.05) is 6.92 Å². The summed E-state index contributed by atoms with van der Waals surface area (Å²) in [5.41, 5.74) is 8.99. The van der Waals surface area contributed by atoms with Crippen LogP contribution in [0, 0.1) is 0 Å². The first kappa shape index (κ1) is 11.3. The smallest absolute Gasteiger partial charge is 0.0951 e. The molecule has 3 nitrogen and oxygen atoms in total. The summed E-state index contributed by atoms with van der Waals surface area (Å²) in [7, 11) is 0. The molecular formula is C15H19N3. The van der Waals surface area contributed by atoms with Gasteiger partial charge in [-0.2, -0.15) is 0 Å². The fraction of sp³-hybridized carbons (Fsp3) is 0.400. The lowest BCUT2D eigenvalue weighted by molar-refractivity contribution is 0.647. The molecule has 0 spiro atoms. The van der Waals surface area contributed by atoms with Crippen molar-refractivity contribution in [1.82, 2.24) is 4.98 Å². The first-order valence-corrected chi connectivity index (χ1v) is 6.71. The van der Waals surface area contributed by atoms with Gasteiger partial charge in [0.25, 0.3) is 0 Å². The summed E-state index contributed by atoms with van der Waals surface area (Å²) in [5.74, 6) is 0. The van der Waals surface area contributed by atoms with E-state index in [4.69, 9.17) is 5.73 Å². The normalized spacial score (nSPS) is 19.6. The van der Waals surface area contributed by atoms with Gasteiger partial charge < -0.3 is 10.6 Å². The summed E-state index contributed by atoms with van der Waals surface area (Å²) in [6.07, 6.45) is 5.59. The molecule has 0 radical (unpaired) electrons. The van der Waals surface area contributed by atoms with Crippen LogP contribution in [-0.2, 0) is 0 Å². The molecule has 2 N–H and O–H groups in total. The van der Waals surface area contributed by atoms with E-state index in [1.165, 1.54) is 30.3 Å². The SMILES string of the molecule is CCC1CCCN1c1ccc(N)c2ncccc12. The summed E-state index contributed by atoms with van der Waals surface area (Å²) in [5, 5.41) is 1.18. The molecule has 3 rings (SSSR count). The molecule has 1 aliphatic heterocycles. The van der Waals surface area contributed by atoms with Crippen LogP contribution in [-0.4, -0.2) is 17.6 Å². The number of aromatic nitrogens is 1. The summed E-state index contributed by atoms with van der Waals surface area (Å²) in [4.78, 5) is 6.93. The molecule has 2 aromatic rings. The van der Waals surface area contributed by atoms with Gasteiger partial charge in [-0.15, -0.1) is 0 Å². The third kappa shape index (κ3) is 1.70. The molecule has 0 saturated carbocycles. The fourth-order valence-corrected chi connectivity index (χ4v) is 3.01. The van der Waals surface area contributed by atoms with Gasteiger partial charge in [0.15, 0.2) is 0 Å². The molecule has 1 unspecified atom stereocenters. The summed E-state index contributed by atoms with van der Waals surface area (Å²) < 4.78 is 0. The minimum Gasteiger partial charge on any atom is -0.397 e. The van der Waals surface area contributed by atoms with Gasteiger partial charge in [-0.3, -0.25) is 4.98 Å². The average molecular weight is 241 g/mol. The molecule has 1 saturated heterocycles. The summed E-state index contributed by atoms with van der Waals surface area (Å²) >= 11 is 0. The van der Waals surface area contributed by atoms with Crippen LogP contribution in [0.3, 0.4) is 0 Å². The number of nitrogens with two attached hydrogens (primary N) is 1. The van der Waals surface area contributed by atoms with Crippen molar-refractivity contribution in [2.75, 3.05) is 17.2 Å². The Bertz CT molecular complexity index is 565. The minimum atomic E-state index is 0.664. The molecule has 3 heteroatoms. The second-order valence-electron chi connectivity index (χ2n) is 4.97. The average Bonchev–Trinajstić information content (AvgIpc) is 2.88. The topological polar surface area (TPSA) is 42.1 Å². The molecule has 1 aliphatic rings. The van der Waals surface area contributed by atoms with Crippen molar-refractivity contribution in [1.29, 1.82) is 0 Å². The molecule has 0 aliphatic carbocycles. The number of anilines is 2. The van der Waals surface area contributed by atoms with Crippen molar-refractivity contribution in [2.45, 2.75) is 32.2 Å². The Morgan fingerprint density at radius 3 is 3.11 bits per heavy atom. The number of fused-ring (bicyclic) bond motifs is 1. The second-order valence-corrected chi connectivity index (χ2v) is 4.97. The lowest BCUT2D eigenvalue weighted by atomic mass is 10.1. The third-order valence-electron chi connectivity index (χ3n) is 3.94. The Balaban J connectivity index is 2.15. The maximum Gasteiger partial charge on any atom is 0.0951 e. The molecule has 18 heavy (non-hydrogen) atoms. The van der Waals surface area contributed by atoms with Crippen molar-refractivity contribution < 1.29 is 0 Å². The number of pyridine rings is 1. The van der Waals surface area contributed by atoms with Gasteiger partial charge in [0, 0.05) is 29.9 Å². The van der Waals surface area contributed by atoms with Crippen molar-refractivity contribution >= 4 is 22.3 Å². The number of hydrogen-bond acceptors (Lipinski definition) is 3. The molecule has 1 atom stereocenters. The Kier molecular flexibility index (Phi) is 2.82. The van der Waals surface area contributed by atoms with Crippen LogP contribution in [0.1, 0.15) is 26.2 Å². The van der Waals surface area contributed by atoms with Crippen molar-refractivity contribution in [3.63, 3.8) is 0 Å². The number of rotatable bonds is 2. The molecule has 2 heterocycles. The van der Waals surface area contributed by atoms with Crippen LogP contribution in [0.15, 0.2) is 30.5 Å². The molecule has 1 aromatic carbocycles. The van der Waals surface area contributed by atoms with Gasteiger partial charge in [0.1, 0.15) is 0 Å². The monoisotopic (exact) mass is 241 g/mol. The zero-order chi connectivity index (χ0) is 12.5. The highest BCUT2D eigenvalue weighted by Gasteiger charge is 2.24. The lowest BCUT2D eigenvalue weighted by Crippen LogP contribution is -2.28. The predicted octanol–water partition coefficient (Wildman–Crippen LogP) is 3.20. The van der Waals surface area contributed by atoms with Crippen LogP contribution < -0.4 is 10.6 Å². The fourth-order valence-electron chi connectivity index (χ4n) is 3.01. The lowest BCUT2D eigenvalue weighted by Gasteiger charge is -2.27. The Labute approximate surface area is 108 Å². The third-order valence-corrected chi connectivity index (χ3v) is 3.94. The van der Waals surface area contributed by atoms with Crippen molar-refractivity contribution in [2.24, 2.45) is 0 Å². The summed E-state index contributed by atoms with van der Waals surface area (Å²) in [6, 6.07) is 8.90. The van der Waals surface area contributed by atoms with Gasteiger partial charge in [-0.05, 0) is 43.5 Å². The van der Waals surface area contributed by atoms with E-state index in [0.29, 0.717) is 6.04 Å². The highest BCUT2D eigenvalue weighted by atomic mass is 15.2. The van der Waals surface area contributed by atoms with Crippen LogP contribution in [0.5, 0.6) is 0 Å². The van der Waals surface area contributed by atoms with E-state index < -0.39 is 0 Å². The van der Waals surface area contributed by atoms with Gasteiger partial charge in [0.2, 0.25) is 0 Å². The standard InChI is InChI=1S/C15H19N3/c1-2-11-5-4-10-18(11)14-8-7-13(16)15-12(14)6-3-9-17-15/h3,6-9,11H,2,4-5,10,16H2,1H3. The van der Waals surface area contributed by atoms with E-state index in [-0.39, 0.29) is 0 Å². The zero-order valence-electron chi connectivity index (χ0n) is 10.8. The molecule has 0 bridgehead atoms. The second kappa shape index (κ2) is 4.48. The van der Waals surface area contributed by atoms with Crippen LogP contribution in [0.4, 0.5) is 11.4 Å². The molecule has 1 aromatic heterocycles. The van der Waals surface area contributed by atoms with Crippen LogP contribution >= 0.6 is 0 Å². The van der Waals surface area contributed by atoms with E-state index >= 15 is 0 Å². The van der Waals surface area contributed by atoms with Crippen molar-refractivity contribution in [3.8, 4) is 0 Å². The largest absolute Gasteiger partial charge is 0.397 e. The quantitative estimate of drug-likeness (QED) is 0.821. The van der Waals surface area contributed by atoms with E-state index in [2.05, 4.69) is 28.9 Å². The first-order chi connectivity index (χ1) is 8.81. The van der Waals surface area contributed by atoms with Gasteiger partial charge in [0.05, 0.1) is 11.2 Å². The maximum atomic E-state index is 6.01. The molecule has 94 valence electrons. The van der Waals surface area contributed by atoms with E-state index in [1.54, 1.807) is 0 Å². The number of benzene rings is 1. The highest BCUT2D eigenvalue weighted by molar-refractivity contribution is 5.98. The minimum absolute atomic E-state index is 0.664. The Morgan fingerprint density at radius 1 is 1.39 bits per heavy atom. The molecular weight excluding hydrogens is 222 g/mol. The molecule has 0 amide bonds. The van der Waals surface area contributed by atoms with Gasteiger partial charge in [-0.25, -0.2) is 0 Å². The van der Waals surface area contributed by atoms with Gasteiger partial charge >= 0.3 is 0 Å². The predicted molar refractivity (Wildman–Crippen MR) is 76.8 cm³/mol. The zero-order valence-corrected chi connectivity index (χ0v) is 10.8. The first-order valence-electron chi connectivity index (χ1n) is 6.71. The number of nitrogen functional groups attached to an aromatic ring is 1. The molecule has 1 fully saturated rings.